The van der Waals surface area contributed by atoms with E-state index in [1.165, 1.54) is 7.05 Å². The molecule has 1 fully saturated rings. The summed E-state index contributed by atoms with van der Waals surface area (Å²) in [5.41, 5.74) is -0.761. The number of hydrazine groups is 1. The van der Waals surface area contributed by atoms with Gasteiger partial charge in [0.1, 0.15) is 24.4 Å². The highest BCUT2D eigenvalue weighted by atomic mass is 16.7. The minimum absolute atomic E-state index is 0.761. The van der Waals surface area contributed by atoms with Gasteiger partial charge in [-0.1, -0.05) is 5.42 Å². The third-order valence-corrected chi connectivity index (χ3v) is 2.79. The molecular formula is C8H15N3O8. The van der Waals surface area contributed by atoms with Crippen LogP contribution < -0.4 is 10.7 Å². The third kappa shape index (κ3) is 2.80. The van der Waals surface area contributed by atoms with E-state index in [0.29, 0.717) is 0 Å². The van der Waals surface area contributed by atoms with Crippen molar-refractivity contribution >= 4 is 5.91 Å². The Kier molecular flexibility index (Phi) is 4.24. The van der Waals surface area contributed by atoms with Crippen molar-refractivity contribution in [1.82, 2.24) is 10.7 Å². The second kappa shape index (κ2) is 5.73. The van der Waals surface area contributed by atoms with Crippen molar-refractivity contribution in [1.29, 1.82) is 0 Å². The van der Waals surface area contributed by atoms with Crippen LogP contribution in [0.15, 0.2) is 0 Å². The van der Waals surface area contributed by atoms with Crippen LogP contribution in [-0.2, 0) is 9.53 Å². The lowest BCUT2D eigenvalue weighted by atomic mass is 9.90. The topological polar surface area (TPSA) is 174 Å². The number of likely N-dealkylation sites (N-methyl/N-ethyl adjacent to an activating group) is 1. The first-order chi connectivity index (χ1) is 9.20. The monoisotopic (exact) mass is 282 g/mol. The van der Waals surface area contributed by atoms with Gasteiger partial charge in [0.2, 0.25) is 1.41 Å². The van der Waals surface area contributed by atoms with Crippen LogP contribution in [0.5, 0.6) is 0 Å². The van der Waals surface area contributed by atoms with E-state index in [2.05, 4.69) is 5.32 Å². The molecule has 0 saturated carbocycles. The highest BCUT2D eigenvalue weighted by molar-refractivity contribution is 5.83. The van der Waals surface area contributed by atoms with Crippen LogP contribution in [0.3, 0.4) is 0 Å². The van der Waals surface area contributed by atoms with Crippen molar-refractivity contribution in [2.45, 2.75) is 30.1 Å². The molecule has 110 valence electrons. The maximum Gasteiger partial charge on any atom is 0.341 e. The van der Waals surface area contributed by atoms with Gasteiger partial charge >= 0.3 is 5.91 Å². The first-order valence-corrected chi connectivity index (χ1v) is 5.22. The summed E-state index contributed by atoms with van der Waals surface area (Å²) in [7, 11) is 1.20. The molecule has 0 aromatic carbocycles. The Bertz CT molecular complexity index is 398. The van der Waals surface area contributed by atoms with Crippen LogP contribution in [0.4, 0.5) is 0 Å². The van der Waals surface area contributed by atoms with Crippen molar-refractivity contribution in [3.05, 3.63) is 10.1 Å². The molecule has 6 N–H and O–H groups in total. The molecule has 0 aromatic rings. The Balaban J connectivity index is 3.15. The van der Waals surface area contributed by atoms with Gasteiger partial charge in [0.15, 0.2) is 5.03 Å². The first-order valence-electron chi connectivity index (χ1n) is 5.67. The zero-order chi connectivity index (χ0) is 15.7. The predicted molar refractivity (Wildman–Crippen MR) is 56.9 cm³/mol. The molecule has 1 aliphatic heterocycles. The second-order valence-electron chi connectivity index (χ2n) is 3.93. The molecular weight excluding hydrogens is 266 g/mol. The number of hydrogen-bond donors (Lipinski definition) is 6. The van der Waals surface area contributed by atoms with E-state index in [-0.39, 0.29) is 0 Å². The minimum Gasteiger partial charge on any atom is -0.394 e. The zero-order valence-corrected chi connectivity index (χ0v) is 9.83. The van der Waals surface area contributed by atoms with E-state index in [0.717, 1.165) is 0 Å². The average molecular weight is 282 g/mol. The smallest absolute Gasteiger partial charge is 0.341 e. The molecule has 1 amide bonds. The van der Waals surface area contributed by atoms with Gasteiger partial charge in [0.05, 0.1) is 6.61 Å². The zero-order valence-electron chi connectivity index (χ0n) is 10.8. The molecule has 1 heterocycles. The lowest BCUT2D eigenvalue weighted by Gasteiger charge is -2.45. The number of amides is 1. The van der Waals surface area contributed by atoms with E-state index in [9.17, 15) is 30.2 Å². The molecule has 1 unspecified atom stereocenters. The summed E-state index contributed by atoms with van der Waals surface area (Å²) in [6.07, 6.45) is -4.95. The molecule has 1 saturated heterocycles. The fraction of sp³-hybridized carbons (Fsp3) is 0.875. The average Bonchev–Trinajstić information content (AvgIpc) is 2.41. The van der Waals surface area contributed by atoms with Gasteiger partial charge in [-0.15, -0.1) is 0 Å². The van der Waals surface area contributed by atoms with Gasteiger partial charge in [-0.3, -0.25) is 4.79 Å². The molecule has 11 heteroatoms. The van der Waals surface area contributed by atoms with Crippen molar-refractivity contribution < 1.29 is 36.4 Å². The van der Waals surface area contributed by atoms with Crippen LogP contribution in [0.1, 0.15) is 0 Å². The molecule has 0 radical (unpaired) electrons. The Morgan fingerprint density at radius 2 is 2.16 bits per heavy atom. The summed E-state index contributed by atoms with van der Waals surface area (Å²) >= 11 is 0. The quantitative estimate of drug-likeness (QED) is 0.220. The Labute approximate surface area is 108 Å². The van der Waals surface area contributed by atoms with E-state index in [4.69, 9.17) is 11.3 Å². The number of nitro groups is 1. The van der Waals surface area contributed by atoms with Crippen molar-refractivity contribution in [2.75, 3.05) is 13.7 Å². The standard InChI is InChI=1S/C8H15N3O8/c1-9-6-5(14)4(13)3(2-12)19-8(6,16)7(15)10-11(17)18/h3-6,9,12-14,16H,2H2,1H3,(H,10,15)/t3-,4-,5+,6-,8?/m1/s1/i/hD. The summed E-state index contributed by atoms with van der Waals surface area (Å²) in [4.78, 5) is 22.1. The van der Waals surface area contributed by atoms with Crippen LogP contribution in [0.2, 0.25) is 1.41 Å². The van der Waals surface area contributed by atoms with Crippen molar-refractivity contribution in [3.63, 3.8) is 0 Å². The van der Waals surface area contributed by atoms with Gasteiger partial charge in [0, 0.05) is 0 Å². The fourth-order valence-corrected chi connectivity index (χ4v) is 1.86. The Morgan fingerprint density at radius 3 is 2.58 bits per heavy atom. The minimum atomic E-state index is -2.99. The number of nitrogens with one attached hydrogen (secondary N) is 2. The van der Waals surface area contributed by atoms with Gasteiger partial charge < -0.3 is 30.5 Å². The molecule has 1 rings (SSSR count). The van der Waals surface area contributed by atoms with Crippen LogP contribution in [-0.4, -0.2) is 75.2 Å². The number of aliphatic hydroxyl groups excluding tert-OH is 3. The summed E-state index contributed by atoms with van der Waals surface area (Å²) in [5, 5.41) is 49.7. The number of ether oxygens (including phenoxy) is 1. The molecule has 5 atom stereocenters. The number of carbonyl (C=O) groups is 1. The molecule has 0 bridgehead atoms. The predicted octanol–water partition coefficient (Wildman–Crippen LogP) is -4.32. The summed E-state index contributed by atoms with van der Waals surface area (Å²) in [5.74, 6) is -4.78. The van der Waals surface area contributed by atoms with Crippen molar-refractivity contribution in [2.24, 2.45) is 0 Å². The lowest BCUT2D eigenvalue weighted by molar-refractivity contribution is -0.533. The fourth-order valence-electron chi connectivity index (χ4n) is 1.86. The molecule has 19 heavy (non-hydrogen) atoms. The van der Waals surface area contributed by atoms with Gasteiger partial charge in [-0.25, -0.2) is 10.1 Å². The highest BCUT2D eigenvalue weighted by Crippen LogP contribution is 2.28. The number of nitrogens with zero attached hydrogens (tertiary/aromatic N) is 1. The molecule has 0 aromatic heterocycles. The SMILES string of the molecule is [2H]N(C(=O)C1(O)O[C@H](CO)[C@@H](O)[C@H](O)[C@H]1NC)[N+](=O)[O-]. The largest absolute Gasteiger partial charge is 0.394 e. The summed E-state index contributed by atoms with van der Waals surface area (Å²) in [6.45, 7) is -0.860. The Morgan fingerprint density at radius 1 is 1.58 bits per heavy atom. The van der Waals surface area contributed by atoms with E-state index >= 15 is 0 Å². The first kappa shape index (κ1) is 14.0. The molecule has 0 aliphatic carbocycles. The maximum absolute atomic E-state index is 11.8. The normalized spacial score (nSPS) is 39.5. The number of carbonyl (C=O) groups excluding carboxylic acids is 1. The molecule has 0 spiro atoms. The number of hydrogen-bond acceptors (Lipinski definition) is 9. The lowest BCUT2D eigenvalue weighted by Crippen LogP contribution is -2.73. The summed E-state index contributed by atoms with van der Waals surface area (Å²) in [6, 6.07) is -1.64. The van der Waals surface area contributed by atoms with E-state index in [1.54, 1.807) is 0 Å². The van der Waals surface area contributed by atoms with E-state index in [1.807, 2.05) is 0 Å². The van der Waals surface area contributed by atoms with Gasteiger partial charge in [-0.05, 0) is 7.05 Å². The summed E-state index contributed by atoms with van der Waals surface area (Å²) < 4.78 is 11.7. The molecule has 1 aliphatic rings. The highest BCUT2D eigenvalue weighted by Gasteiger charge is 2.58. The Hall–Kier alpha value is -1.37. The number of rotatable bonds is 4. The second-order valence-corrected chi connectivity index (χ2v) is 3.93. The molecule has 11 nitrogen and oxygen atoms in total. The number of aliphatic hydroxyl groups is 4. The van der Waals surface area contributed by atoms with Crippen LogP contribution in [0, 0.1) is 10.1 Å². The third-order valence-electron chi connectivity index (χ3n) is 2.79. The maximum atomic E-state index is 11.8. The van der Waals surface area contributed by atoms with E-state index < -0.39 is 53.1 Å². The van der Waals surface area contributed by atoms with Crippen LogP contribution >= 0.6 is 0 Å². The van der Waals surface area contributed by atoms with Gasteiger partial charge in [0.25, 0.3) is 5.79 Å². The van der Waals surface area contributed by atoms with Crippen molar-refractivity contribution in [3.8, 4) is 0 Å². The van der Waals surface area contributed by atoms with Crippen LogP contribution in [0.25, 0.3) is 0 Å². The van der Waals surface area contributed by atoms with Gasteiger partial charge in [-0.2, -0.15) is 0 Å².